The molecule has 1 aliphatic heterocycles. The molecule has 96 valence electrons. The van der Waals surface area contributed by atoms with Gasteiger partial charge in [0.25, 0.3) is 0 Å². The molecule has 5 nitrogen and oxygen atoms in total. The first kappa shape index (κ1) is 13.0. The topological polar surface area (TPSA) is 63.2 Å². The van der Waals surface area contributed by atoms with Crippen LogP contribution >= 0.6 is 12.6 Å². The zero-order valence-corrected chi connectivity index (χ0v) is 11.3. The van der Waals surface area contributed by atoms with E-state index in [9.17, 15) is 9.59 Å². The second kappa shape index (κ2) is 5.06. The Hall–Kier alpha value is -1.43. The number of hydrogen-bond acceptors (Lipinski definition) is 5. The van der Waals surface area contributed by atoms with E-state index in [0.29, 0.717) is 35.9 Å². The maximum atomic E-state index is 11.8. The van der Waals surface area contributed by atoms with Gasteiger partial charge in [-0.1, -0.05) is 0 Å². The van der Waals surface area contributed by atoms with Crippen molar-refractivity contribution in [1.82, 2.24) is 9.97 Å². The molecule has 0 saturated carbocycles. The van der Waals surface area contributed by atoms with E-state index in [1.54, 1.807) is 11.8 Å². The lowest BCUT2D eigenvalue weighted by atomic mass is 10.1. The number of ketones is 1. The average molecular weight is 265 g/mol. The number of amides is 1. The summed E-state index contributed by atoms with van der Waals surface area (Å²) in [4.78, 5) is 33.0. The maximum Gasteiger partial charge on any atom is 0.232 e. The van der Waals surface area contributed by atoms with Crippen LogP contribution in [0.25, 0.3) is 0 Å². The van der Waals surface area contributed by atoms with E-state index in [-0.39, 0.29) is 17.6 Å². The molecular formula is C12H15N3O2S. The fraction of sp³-hybridized carbons (Fsp3) is 0.500. The van der Waals surface area contributed by atoms with Crippen LogP contribution in [-0.4, -0.2) is 34.0 Å². The Morgan fingerprint density at radius 3 is 2.83 bits per heavy atom. The standard InChI is InChI=1S/C12H15N3O2S/c1-7-10(8(2)16)4-13-12(14-7)15-5-9(6-18)3-11(15)17/h4,9,18H,3,5-6H2,1-2H3. The molecule has 1 amide bonds. The van der Waals surface area contributed by atoms with E-state index in [2.05, 4.69) is 22.6 Å². The van der Waals surface area contributed by atoms with Gasteiger partial charge in [0, 0.05) is 19.2 Å². The van der Waals surface area contributed by atoms with E-state index in [1.165, 1.54) is 13.1 Å². The Balaban J connectivity index is 2.27. The molecule has 1 unspecified atom stereocenters. The first-order valence-corrected chi connectivity index (χ1v) is 6.42. The summed E-state index contributed by atoms with van der Waals surface area (Å²) < 4.78 is 0. The molecule has 1 aromatic rings. The van der Waals surface area contributed by atoms with Gasteiger partial charge in [0.15, 0.2) is 5.78 Å². The van der Waals surface area contributed by atoms with Gasteiger partial charge in [-0.15, -0.1) is 0 Å². The minimum absolute atomic E-state index is 0.0176. The average Bonchev–Trinajstić information content (AvgIpc) is 2.70. The van der Waals surface area contributed by atoms with Crippen LogP contribution in [-0.2, 0) is 4.79 Å². The molecule has 18 heavy (non-hydrogen) atoms. The van der Waals surface area contributed by atoms with E-state index in [4.69, 9.17) is 0 Å². The number of carbonyl (C=O) groups is 2. The van der Waals surface area contributed by atoms with Crippen molar-refractivity contribution in [1.29, 1.82) is 0 Å². The third-order valence-corrected chi connectivity index (χ3v) is 3.57. The van der Waals surface area contributed by atoms with Crippen LogP contribution in [0.5, 0.6) is 0 Å². The van der Waals surface area contributed by atoms with Gasteiger partial charge < -0.3 is 0 Å². The SMILES string of the molecule is CC(=O)c1cnc(N2CC(CS)CC2=O)nc1C. The Kier molecular flexibility index (Phi) is 3.65. The van der Waals surface area contributed by atoms with Crippen LogP contribution in [0.3, 0.4) is 0 Å². The molecule has 0 aromatic carbocycles. The molecule has 6 heteroatoms. The highest BCUT2D eigenvalue weighted by molar-refractivity contribution is 7.80. The summed E-state index contributed by atoms with van der Waals surface area (Å²) in [6, 6.07) is 0. The number of thiol groups is 1. The van der Waals surface area contributed by atoms with Gasteiger partial charge in [-0.2, -0.15) is 12.6 Å². The normalized spacial score (nSPS) is 19.4. The second-order valence-electron chi connectivity index (χ2n) is 4.48. The summed E-state index contributed by atoms with van der Waals surface area (Å²) >= 11 is 4.21. The van der Waals surface area contributed by atoms with Crippen molar-refractivity contribution < 1.29 is 9.59 Å². The van der Waals surface area contributed by atoms with Crippen molar-refractivity contribution in [2.24, 2.45) is 5.92 Å². The molecule has 1 fully saturated rings. The van der Waals surface area contributed by atoms with Gasteiger partial charge in [0.05, 0.1) is 11.3 Å². The third-order valence-electron chi connectivity index (χ3n) is 3.05. The van der Waals surface area contributed by atoms with Crippen molar-refractivity contribution in [3.05, 3.63) is 17.5 Å². The summed E-state index contributed by atoms with van der Waals surface area (Å²) in [7, 11) is 0. The lowest BCUT2D eigenvalue weighted by Gasteiger charge is -2.15. The van der Waals surface area contributed by atoms with E-state index >= 15 is 0 Å². The summed E-state index contributed by atoms with van der Waals surface area (Å²) in [5, 5.41) is 0. The predicted octanol–water partition coefficient (Wildman–Crippen LogP) is 1.27. The smallest absolute Gasteiger partial charge is 0.232 e. The van der Waals surface area contributed by atoms with Crippen LogP contribution in [0.2, 0.25) is 0 Å². The number of anilines is 1. The Bertz CT molecular complexity index is 504. The molecule has 1 atom stereocenters. The first-order valence-electron chi connectivity index (χ1n) is 5.78. The Morgan fingerprint density at radius 2 is 2.33 bits per heavy atom. The molecule has 0 spiro atoms. The van der Waals surface area contributed by atoms with Crippen LogP contribution in [0.4, 0.5) is 5.95 Å². The quantitative estimate of drug-likeness (QED) is 0.660. The number of carbonyl (C=O) groups excluding carboxylic acids is 2. The molecule has 2 rings (SSSR count). The van der Waals surface area contributed by atoms with Gasteiger partial charge in [-0.05, 0) is 25.5 Å². The summed E-state index contributed by atoms with van der Waals surface area (Å²) in [6.07, 6.45) is 1.97. The molecule has 1 saturated heterocycles. The fourth-order valence-electron chi connectivity index (χ4n) is 2.03. The molecule has 0 bridgehead atoms. The van der Waals surface area contributed by atoms with Gasteiger partial charge in [0.2, 0.25) is 11.9 Å². The van der Waals surface area contributed by atoms with Crippen molar-refractivity contribution in [2.45, 2.75) is 20.3 Å². The first-order chi connectivity index (χ1) is 8.52. The largest absolute Gasteiger partial charge is 0.294 e. The molecule has 2 heterocycles. The molecule has 0 N–H and O–H groups in total. The zero-order chi connectivity index (χ0) is 13.3. The fourth-order valence-corrected chi connectivity index (χ4v) is 2.27. The Labute approximate surface area is 111 Å². The monoisotopic (exact) mass is 265 g/mol. The number of aromatic nitrogens is 2. The molecule has 1 aromatic heterocycles. The van der Waals surface area contributed by atoms with Crippen LogP contribution in [0.1, 0.15) is 29.4 Å². The lowest BCUT2D eigenvalue weighted by molar-refractivity contribution is -0.117. The molecule has 1 aliphatic rings. The highest BCUT2D eigenvalue weighted by Crippen LogP contribution is 2.23. The summed E-state index contributed by atoms with van der Waals surface area (Å²) in [6.45, 7) is 3.82. The maximum absolute atomic E-state index is 11.8. The van der Waals surface area contributed by atoms with Crippen molar-refractivity contribution in [3.8, 4) is 0 Å². The predicted molar refractivity (Wildman–Crippen MR) is 71.1 cm³/mol. The minimum Gasteiger partial charge on any atom is -0.294 e. The minimum atomic E-state index is -0.0694. The van der Waals surface area contributed by atoms with Crippen molar-refractivity contribution in [2.75, 3.05) is 17.2 Å². The van der Waals surface area contributed by atoms with Crippen molar-refractivity contribution >= 4 is 30.3 Å². The van der Waals surface area contributed by atoms with Gasteiger partial charge in [-0.3, -0.25) is 14.5 Å². The third kappa shape index (κ3) is 2.38. The van der Waals surface area contributed by atoms with Gasteiger partial charge >= 0.3 is 0 Å². The summed E-state index contributed by atoms with van der Waals surface area (Å²) in [5.74, 6) is 1.25. The Morgan fingerprint density at radius 1 is 1.61 bits per heavy atom. The number of hydrogen-bond donors (Lipinski definition) is 1. The lowest BCUT2D eigenvalue weighted by Crippen LogP contribution is -2.27. The van der Waals surface area contributed by atoms with Crippen molar-refractivity contribution in [3.63, 3.8) is 0 Å². The zero-order valence-electron chi connectivity index (χ0n) is 10.4. The summed E-state index contributed by atoms with van der Waals surface area (Å²) in [5.41, 5.74) is 1.10. The second-order valence-corrected chi connectivity index (χ2v) is 4.85. The molecule has 0 aliphatic carbocycles. The number of Topliss-reactive ketones (excluding diaryl/α,β-unsaturated/α-hetero) is 1. The van der Waals surface area contributed by atoms with Gasteiger partial charge in [-0.25, -0.2) is 9.97 Å². The number of rotatable bonds is 3. The molecule has 0 radical (unpaired) electrons. The van der Waals surface area contributed by atoms with Crippen LogP contribution < -0.4 is 4.90 Å². The van der Waals surface area contributed by atoms with Crippen LogP contribution in [0, 0.1) is 12.8 Å². The highest BCUT2D eigenvalue weighted by atomic mass is 32.1. The van der Waals surface area contributed by atoms with E-state index in [0.717, 1.165) is 0 Å². The van der Waals surface area contributed by atoms with E-state index < -0.39 is 0 Å². The highest BCUT2D eigenvalue weighted by Gasteiger charge is 2.31. The van der Waals surface area contributed by atoms with E-state index in [1.807, 2.05) is 0 Å². The number of nitrogens with zero attached hydrogens (tertiary/aromatic N) is 3. The van der Waals surface area contributed by atoms with Gasteiger partial charge in [0.1, 0.15) is 0 Å². The number of aryl methyl sites for hydroxylation is 1. The molecular weight excluding hydrogens is 250 g/mol. The van der Waals surface area contributed by atoms with Crippen LogP contribution in [0.15, 0.2) is 6.20 Å².